The third-order valence-electron chi connectivity index (χ3n) is 4.25. The first-order chi connectivity index (χ1) is 10.8. The highest BCUT2D eigenvalue weighted by Gasteiger charge is 2.21. The third-order valence-corrected chi connectivity index (χ3v) is 4.25. The predicted octanol–water partition coefficient (Wildman–Crippen LogP) is 1.60. The molecule has 0 radical (unpaired) electrons. The molecule has 1 aromatic rings. The quantitative estimate of drug-likeness (QED) is 0.641. The van der Waals surface area contributed by atoms with Crippen LogP contribution in [0.2, 0.25) is 0 Å². The normalized spacial score (nSPS) is 19.1. The molecule has 0 amide bonds. The van der Waals surface area contributed by atoms with Crippen molar-refractivity contribution in [1.82, 2.24) is 10.6 Å². The van der Waals surface area contributed by atoms with Crippen LogP contribution in [0.25, 0.3) is 0 Å². The molecule has 0 spiro atoms. The van der Waals surface area contributed by atoms with Crippen LogP contribution < -0.4 is 15.5 Å². The zero-order chi connectivity index (χ0) is 15.2. The number of guanidine groups is 1. The molecule has 0 unspecified atom stereocenters. The van der Waals surface area contributed by atoms with Gasteiger partial charge in [-0.15, -0.1) is 0 Å². The lowest BCUT2D eigenvalue weighted by Gasteiger charge is -2.28. The molecule has 1 saturated carbocycles. The summed E-state index contributed by atoms with van der Waals surface area (Å²) in [6.07, 6.45) is 2.71. The van der Waals surface area contributed by atoms with Crippen molar-refractivity contribution >= 4 is 11.6 Å². The molecule has 1 heterocycles. The Labute approximate surface area is 132 Å². The van der Waals surface area contributed by atoms with Crippen LogP contribution in [0, 0.1) is 5.92 Å². The fourth-order valence-electron chi connectivity index (χ4n) is 2.62. The summed E-state index contributed by atoms with van der Waals surface area (Å²) in [7, 11) is 1.82. The Balaban J connectivity index is 1.47. The van der Waals surface area contributed by atoms with Gasteiger partial charge in [-0.05, 0) is 36.5 Å². The second-order valence-electron chi connectivity index (χ2n) is 6.02. The minimum Gasteiger partial charge on any atom is -0.378 e. The number of morpholine rings is 1. The SMILES string of the molecule is CN=C(NCc1ccc(N2CCOCC2)cc1)NCC1CC1. The van der Waals surface area contributed by atoms with Gasteiger partial charge in [0.1, 0.15) is 0 Å². The molecule has 0 atom stereocenters. The third kappa shape index (κ3) is 4.37. The zero-order valence-electron chi connectivity index (χ0n) is 13.3. The van der Waals surface area contributed by atoms with Crippen LogP contribution in [-0.2, 0) is 11.3 Å². The van der Waals surface area contributed by atoms with E-state index in [1.165, 1.54) is 24.1 Å². The van der Waals surface area contributed by atoms with Gasteiger partial charge in [-0.1, -0.05) is 12.1 Å². The maximum absolute atomic E-state index is 5.39. The van der Waals surface area contributed by atoms with E-state index in [-0.39, 0.29) is 0 Å². The smallest absolute Gasteiger partial charge is 0.191 e. The summed E-state index contributed by atoms with van der Waals surface area (Å²) < 4.78 is 5.39. The van der Waals surface area contributed by atoms with E-state index in [4.69, 9.17) is 4.74 Å². The fraction of sp³-hybridized carbons (Fsp3) is 0.588. The first-order valence-electron chi connectivity index (χ1n) is 8.21. The Bertz CT molecular complexity index is 490. The molecule has 2 fully saturated rings. The molecule has 22 heavy (non-hydrogen) atoms. The number of nitrogens with zero attached hydrogens (tertiary/aromatic N) is 2. The number of nitrogens with one attached hydrogen (secondary N) is 2. The average molecular weight is 302 g/mol. The van der Waals surface area contributed by atoms with Gasteiger partial charge in [-0.3, -0.25) is 4.99 Å². The number of benzene rings is 1. The molecule has 0 aromatic heterocycles. The molecule has 2 aliphatic rings. The number of hydrogen-bond acceptors (Lipinski definition) is 3. The summed E-state index contributed by atoms with van der Waals surface area (Å²) in [5.74, 6) is 1.75. The summed E-state index contributed by atoms with van der Waals surface area (Å²) >= 11 is 0. The fourth-order valence-corrected chi connectivity index (χ4v) is 2.62. The Kier molecular flexibility index (Phi) is 5.16. The Morgan fingerprint density at radius 2 is 1.91 bits per heavy atom. The lowest BCUT2D eigenvalue weighted by Crippen LogP contribution is -2.38. The monoisotopic (exact) mass is 302 g/mol. The molecule has 1 aromatic carbocycles. The standard InChI is InChI=1S/C17H26N4O/c1-18-17(19-12-14-2-3-14)20-13-15-4-6-16(7-5-15)21-8-10-22-11-9-21/h4-7,14H,2-3,8-13H2,1H3,(H2,18,19,20). The number of rotatable bonds is 5. The number of ether oxygens (including phenoxy) is 1. The van der Waals surface area contributed by atoms with Gasteiger partial charge in [-0.25, -0.2) is 0 Å². The topological polar surface area (TPSA) is 48.9 Å². The van der Waals surface area contributed by atoms with Crippen molar-refractivity contribution in [1.29, 1.82) is 0 Å². The molecule has 3 rings (SSSR count). The average Bonchev–Trinajstić information content (AvgIpc) is 3.41. The minimum absolute atomic E-state index is 0.799. The second-order valence-corrected chi connectivity index (χ2v) is 6.02. The van der Waals surface area contributed by atoms with Crippen LogP contribution in [0.15, 0.2) is 29.3 Å². The number of anilines is 1. The van der Waals surface area contributed by atoms with Crippen LogP contribution in [0.5, 0.6) is 0 Å². The minimum atomic E-state index is 0.799. The van der Waals surface area contributed by atoms with Crippen molar-refractivity contribution in [3.05, 3.63) is 29.8 Å². The van der Waals surface area contributed by atoms with Crippen LogP contribution in [0.1, 0.15) is 18.4 Å². The predicted molar refractivity (Wildman–Crippen MR) is 90.4 cm³/mol. The first-order valence-corrected chi connectivity index (χ1v) is 8.21. The van der Waals surface area contributed by atoms with E-state index >= 15 is 0 Å². The van der Waals surface area contributed by atoms with E-state index in [2.05, 4.69) is 44.8 Å². The maximum Gasteiger partial charge on any atom is 0.191 e. The molecule has 5 heteroatoms. The zero-order valence-corrected chi connectivity index (χ0v) is 13.3. The Hall–Kier alpha value is -1.75. The van der Waals surface area contributed by atoms with E-state index in [1.54, 1.807) is 0 Å². The molecule has 1 aliphatic heterocycles. The van der Waals surface area contributed by atoms with Crippen molar-refractivity contribution in [3.8, 4) is 0 Å². The lowest BCUT2D eigenvalue weighted by molar-refractivity contribution is 0.122. The van der Waals surface area contributed by atoms with Crippen molar-refractivity contribution in [2.75, 3.05) is 44.8 Å². The van der Waals surface area contributed by atoms with Crippen LogP contribution in [-0.4, -0.2) is 45.9 Å². The second kappa shape index (κ2) is 7.49. The van der Waals surface area contributed by atoms with Gasteiger partial charge in [0.15, 0.2) is 5.96 Å². The van der Waals surface area contributed by atoms with Crippen molar-refractivity contribution in [2.24, 2.45) is 10.9 Å². The molecule has 1 saturated heterocycles. The van der Waals surface area contributed by atoms with E-state index in [0.717, 1.165) is 51.3 Å². The van der Waals surface area contributed by atoms with E-state index in [0.29, 0.717) is 0 Å². The lowest BCUT2D eigenvalue weighted by atomic mass is 10.2. The van der Waals surface area contributed by atoms with Gasteiger partial charge < -0.3 is 20.3 Å². The highest BCUT2D eigenvalue weighted by Crippen LogP contribution is 2.27. The largest absolute Gasteiger partial charge is 0.378 e. The summed E-state index contributed by atoms with van der Waals surface area (Å²) in [6.45, 7) is 5.45. The highest BCUT2D eigenvalue weighted by molar-refractivity contribution is 5.79. The van der Waals surface area contributed by atoms with Crippen LogP contribution in [0.4, 0.5) is 5.69 Å². The molecule has 1 aliphatic carbocycles. The van der Waals surface area contributed by atoms with Gasteiger partial charge in [0.2, 0.25) is 0 Å². The summed E-state index contributed by atoms with van der Waals surface area (Å²) in [4.78, 5) is 6.64. The molecule has 0 bridgehead atoms. The van der Waals surface area contributed by atoms with Gasteiger partial charge in [0.05, 0.1) is 13.2 Å². The Morgan fingerprint density at radius 3 is 2.55 bits per heavy atom. The van der Waals surface area contributed by atoms with E-state index < -0.39 is 0 Å². The summed E-state index contributed by atoms with van der Waals surface area (Å²) in [5, 5.41) is 6.75. The molecular formula is C17H26N4O. The van der Waals surface area contributed by atoms with Crippen molar-refractivity contribution < 1.29 is 4.74 Å². The van der Waals surface area contributed by atoms with Crippen LogP contribution >= 0.6 is 0 Å². The Morgan fingerprint density at radius 1 is 1.18 bits per heavy atom. The van der Waals surface area contributed by atoms with Crippen molar-refractivity contribution in [2.45, 2.75) is 19.4 Å². The molecule has 120 valence electrons. The van der Waals surface area contributed by atoms with E-state index in [9.17, 15) is 0 Å². The number of aliphatic imine (C=N–C) groups is 1. The number of hydrogen-bond donors (Lipinski definition) is 2. The van der Waals surface area contributed by atoms with Gasteiger partial charge >= 0.3 is 0 Å². The van der Waals surface area contributed by atoms with E-state index in [1.807, 2.05) is 7.05 Å². The molecular weight excluding hydrogens is 276 g/mol. The van der Waals surface area contributed by atoms with Gasteiger partial charge in [-0.2, -0.15) is 0 Å². The molecule has 2 N–H and O–H groups in total. The first kappa shape index (κ1) is 15.2. The maximum atomic E-state index is 5.39. The van der Waals surface area contributed by atoms with Crippen molar-refractivity contribution in [3.63, 3.8) is 0 Å². The van der Waals surface area contributed by atoms with Gasteiger partial charge in [0.25, 0.3) is 0 Å². The van der Waals surface area contributed by atoms with Gasteiger partial charge in [0, 0.05) is 38.9 Å². The highest BCUT2D eigenvalue weighted by atomic mass is 16.5. The molecule has 5 nitrogen and oxygen atoms in total. The van der Waals surface area contributed by atoms with Crippen LogP contribution in [0.3, 0.4) is 0 Å². The summed E-state index contributed by atoms with van der Waals surface area (Å²) in [6, 6.07) is 8.77. The summed E-state index contributed by atoms with van der Waals surface area (Å²) in [5.41, 5.74) is 2.55.